The lowest BCUT2D eigenvalue weighted by atomic mass is 9.71. The van der Waals surface area contributed by atoms with Crippen LogP contribution in [-0.2, 0) is 12.0 Å². The van der Waals surface area contributed by atoms with E-state index in [0.717, 1.165) is 6.92 Å². The molecule has 0 spiro atoms. The first-order valence-electron chi connectivity index (χ1n) is 8.06. The van der Waals surface area contributed by atoms with E-state index in [9.17, 15) is 41.7 Å². The highest BCUT2D eigenvalue weighted by atomic mass is 19.4. The molecule has 9 heteroatoms. The molecular formula is C19H18F6O3. The molecule has 0 aliphatic heterocycles. The third kappa shape index (κ3) is 3.17. The fourth-order valence-corrected chi connectivity index (χ4v) is 3.34. The lowest BCUT2D eigenvalue weighted by Crippen LogP contribution is -2.55. The Bertz CT molecular complexity index is 863. The van der Waals surface area contributed by atoms with Crippen molar-refractivity contribution in [2.75, 3.05) is 0 Å². The Balaban J connectivity index is 3.07. The van der Waals surface area contributed by atoms with Crippen LogP contribution in [-0.4, -0.2) is 27.7 Å². The molecule has 2 aromatic rings. The molecule has 0 unspecified atom stereocenters. The van der Waals surface area contributed by atoms with E-state index in [1.54, 1.807) is 0 Å². The number of benzene rings is 2. The van der Waals surface area contributed by atoms with E-state index in [-0.39, 0.29) is 16.7 Å². The quantitative estimate of drug-likeness (QED) is 0.632. The number of phenolic OH excluding ortho intramolecular Hbond substituents is 1. The van der Waals surface area contributed by atoms with E-state index in [0.29, 0.717) is 24.3 Å². The summed E-state index contributed by atoms with van der Waals surface area (Å²) in [4.78, 5) is 0. The molecule has 0 atom stereocenters. The maximum atomic E-state index is 14.2. The molecule has 3 N–H and O–H groups in total. The van der Waals surface area contributed by atoms with Gasteiger partial charge in [0.25, 0.3) is 0 Å². The van der Waals surface area contributed by atoms with Gasteiger partial charge in [0, 0.05) is 5.56 Å². The van der Waals surface area contributed by atoms with Crippen LogP contribution in [0.25, 0.3) is 0 Å². The number of aliphatic hydroxyl groups excluding tert-OH is 1. The largest absolute Gasteiger partial charge is 0.507 e. The standard InChI is InChI=1S/C19H18F6O3/c1-9-4-13(5-10(2)15(9)27)17(18(20,21)22,19(23,24)25)14-6-11(3)16(28)12(7-14)8-26/h4-7,26-28H,8H2,1-3H3. The summed E-state index contributed by atoms with van der Waals surface area (Å²) in [7, 11) is 0. The summed E-state index contributed by atoms with van der Waals surface area (Å²) in [5.74, 6) is -0.984. The molecule has 0 aliphatic rings. The maximum Gasteiger partial charge on any atom is 0.411 e. The summed E-state index contributed by atoms with van der Waals surface area (Å²) in [5.41, 5.74) is -7.72. The van der Waals surface area contributed by atoms with Crippen molar-refractivity contribution in [1.82, 2.24) is 0 Å². The summed E-state index contributed by atoms with van der Waals surface area (Å²) in [6.07, 6.45) is -11.6. The van der Waals surface area contributed by atoms with Gasteiger partial charge in [-0.3, -0.25) is 0 Å². The number of aromatic hydroxyl groups is 2. The van der Waals surface area contributed by atoms with E-state index in [1.165, 1.54) is 13.8 Å². The third-order valence-corrected chi connectivity index (χ3v) is 4.76. The first-order chi connectivity index (χ1) is 12.7. The summed E-state index contributed by atoms with van der Waals surface area (Å²) < 4.78 is 85.0. The number of halogens is 6. The fraction of sp³-hybridized carbons (Fsp3) is 0.368. The Labute approximate surface area is 156 Å². The maximum absolute atomic E-state index is 14.2. The second-order valence-electron chi connectivity index (χ2n) is 6.66. The zero-order valence-corrected chi connectivity index (χ0v) is 15.1. The van der Waals surface area contributed by atoms with Crippen LogP contribution in [0.5, 0.6) is 11.5 Å². The van der Waals surface area contributed by atoms with Crippen molar-refractivity contribution in [2.24, 2.45) is 0 Å². The van der Waals surface area contributed by atoms with Gasteiger partial charge in [0.15, 0.2) is 0 Å². The molecule has 0 heterocycles. The van der Waals surface area contributed by atoms with Crippen LogP contribution in [0.15, 0.2) is 24.3 Å². The van der Waals surface area contributed by atoms with Gasteiger partial charge in [-0.25, -0.2) is 0 Å². The highest BCUT2D eigenvalue weighted by Crippen LogP contribution is 2.57. The highest BCUT2D eigenvalue weighted by molar-refractivity contribution is 5.54. The minimum Gasteiger partial charge on any atom is -0.507 e. The third-order valence-electron chi connectivity index (χ3n) is 4.76. The van der Waals surface area contributed by atoms with Gasteiger partial charge in [0.2, 0.25) is 5.41 Å². The summed E-state index contributed by atoms with van der Waals surface area (Å²) in [5, 5.41) is 28.9. The van der Waals surface area contributed by atoms with Crippen LogP contribution in [0, 0.1) is 20.8 Å². The van der Waals surface area contributed by atoms with Crippen molar-refractivity contribution in [3.8, 4) is 11.5 Å². The first kappa shape index (κ1) is 21.9. The Morgan fingerprint density at radius 3 is 1.39 bits per heavy atom. The molecule has 154 valence electrons. The van der Waals surface area contributed by atoms with Crippen LogP contribution in [0.1, 0.15) is 33.4 Å². The van der Waals surface area contributed by atoms with Crippen molar-refractivity contribution in [3.63, 3.8) is 0 Å². The number of rotatable bonds is 3. The zero-order valence-electron chi connectivity index (χ0n) is 15.1. The first-order valence-corrected chi connectivity index (χ1v) is 8.06. The number of aryl methyl sites for hydroxylation is 3. The molecule has 0 saturated heterocycles. The number of hydrogen-bond acceptors (Lipinski definition) is 3. The fourth-order valence-electron chi connectivity index (χ4n) is 3.34. The van der Waals surface area contributed by atoms with Gasteiger partial charge in [0.1, 0.15) is 11.5 Å². The number of phenols is 2. The number of alkyl halides is 6. The van der Waals surface area contributed by atoms with E-state index in [1.807, 2.05) is 0 Å². The molecule has 2 aromatic carbocycles. The van der Waals surface area contributed by atoms with Crippen LogP contribution in [0.4, 0.5) is 26.3 Å². The monoisotopic (exact) mass is 408 g/mol. The smallest absolute Gasteiger partial charge is 0.411 e. The molecule has 0 fully saturated rings. The summed E-state index contributed by atoms with van der Waals surface area (Å²) in [6.45, 7) is 2.60. The topological polar surface area (TPSA) is 60.7 Å². The van der Waals surface area contributed by atoms with Gasteiger partial charge in [-0.15, -0.1) is 0 Å². The van der Waals surface area contributed by atoms with Crippen molar-refractivity contribution < 1.29 is 41.7 Å². The predicted octanol–water partition coefficient (Wildman–Crippen LogP) is 4.93. The van der Waals surface area contributed by atoms with Gasteiger partial charge in [-0.2, -0.15) is 26.3 Å². The number of hydrogen-bond donors (Lipinski definition) is 3. The van der Waals surface area contributed by atoms with Crippen LogP contribution < -0.4 is 0 Å². The average Bonchev–Trinajstić information content (AvgIpc) is 2.53. The van der Waals surface area contributed by atoms with E-state index >= 15 is 0 Å². The normalized spacial score (nSPS) is 13.1. The molecule has 0 radical (unpaired) electrons. The van der Waals surface area contributed by atoms with Crippen LogP contribution in [0.2, 0.25) is 0 Å². The van der Waals surface area contributed by atoms with Crippen molar-refractivity contribution in [1.29, 1.82) is 0 Å². The van der Waals surface area contributed by atoms with Crippen LogP contribution in [0.3, 0.4) is 0 Å². The number of aliphatic hydroxyl groups is 1. The van der Waals surface area contributed by atoms with Gasteiger partial charge in [-0.1, -0.05) is 18.2 Å². The lowest BCUT2D eigenvalue weighted by molar-refractivity contribution is -0.288. The average molecular weight is 408 g/mol. The van der Waals surface area contributed by atoms with Gasteiger partial charge >= 0.3 is 12.4 Å². The Morgan fingerprint density at radius 1 is 0.679 bits per heavy atom. The van der Waals surface area contributed by atoms with E-state index in [4.69, 9.17) is 0 Å². The SMILES string of the molecule is Cc1cc(C(c2cc(C)c(O)c(CO)c2)(C(F)(F)F)C(F)(F)F)cc(C)c1O. The van der Waals surface area contributed by atoms with E-state index < -0.39 is 52.6 Å². The molecule has 28 heavy (non-hydrogen) atoms. The molecule has 2 rings (SSSR count). The highest BCUT2D eigenvalue weighted by Gasteiger charge is 2.72. The Morgan fingerprint density at radius 2 is 1.04 bits per heavy atom. The summed E-state index contributed by atoms with van der Waals surface area (Å²) >= 11 is 0. The van der Waals surface area contributed by atoms with Gasteiger partial charge in [0.05, 0.1) is 6.61 Å². The minimum atomic E-state index is -5.81. The molecule has 3 nitrogen and oxygen atoms in total. The second-order valence-corrected chi connectivity index (χ2v) is 6.66. The lowest BCUT2D eigenvalue weighted by Gasteiger charge is -2.39. The van der Waals surface area contributed by atoms with Crippen LogP contribution >= 0.6 is 0 Å². The van der Waals surface area contributed by atoms with Crippen molar-refractivity contribution in [2.45, 2.75) is 45.1 Å². The van der Waals surface area contributed by atoms with Gasteiger partial charge < -0.3 is 15.3 Å². The molecule has 0 amide bonds. The zero-order chi connectivity index (χ0) is 21.7. The predicted molar refractivity (Wildman–Crippen MR) is 89.2 cm³/mol. The summed E-state index contributed by atoms with van der Waals surface area (Å²) in [6, 6.07) is 2.39. The second kappa shape index (κ2) is 6.88. The molecule has 0 aliphatic carbocycles. The van der Waals surface area contributed by atoms with Crippen molar-refractivity contribution >= 4 is 0 Å². The molecular weight excluding hydrogens is 390 g/mol. The van der Waals surface area contributed by atoms with Crippen molar-refractivity contribution in [3.05, 3.63) is 57.6 Å². The van der Waals surface area contributed by atoms with Gasteiger partial charge in [-0.05, 0) is 54.7 Å². The Hall–Kier alpha value is -2.42. The Kier molecular flexibility index (Phi) is 5.37. The molecule has 0 saturated carbocycles. The van der Waals surface area contributed by atoms with E-state index in [2.05, 4.69) is 0 Å². The molecule has 0 aromatic heterocycles. The molecule has 0 bridgehead atoms. The minimum absolute atomic E-state index is 0.147.